The minimum absolute atomic E-state index is 0.173. The number of hydrogen-bond donors (Lipinski definition) is 2. The largest absolute Gasteiger partial charge is 0.480 e. The van der Waals surface area contributed by atoms with E-state index >= 15 is 0 Å². The zero-order chi connectivity index (χ0) is 13.9. The standard InChI is InChI=1S/C10H14F3NO3/c1-4-9(2,3)5-6(7(15)16)14-8(17)10(11,12)13/h4,6H,1,5H2,2-3H3,(H,14,17)(H,15,16)/t6-/m0/s1. The van der Waals surface area contributed by atoms with Crippen LogP contribution in [-0.4, -0.2) is 29.2 Å². The van der Waals surface area contributed by atoms with E-state index < -0.39 is 29.5 Å². The van der Waals surface area contributed by atoms with Gasteiger partial charge in [0.15, 0.2) is 0 Å². The molecule has 0 aliphatic rings. The monoisotopic (exact) mass is 253 g/mol. The maximum absolute atomic E-state index is 12.0. The number of rotatable bonds is 5. The van der Waals surface area contributed by atoms with Gasteiger partial charge in [-0.05, 0) is 11.8 Å². The summed E-state index contributed by atoms with van der Waals surface area (Å²) in [5, 5.41) is 10.2. The maximum atomic E-state index is 12.0. The molecule has 0 aromatic heterocycles. The van der Waals surface area contributed by atoms with Crippen molar-refractivity contribution in [3.05, 3.63) is 12.7 Å². The zero-order valence-electron chi connectivity index (χ0n) is 9.47. The van der Waals surface area contributed by atoms with Gasteiger partial charge in [0.2, 0.25) is 0 Å². The number of aliphatic carboxylic acids is 1. The lowest BCUT2D eigenvalue weighted by atomic mass is 9.86. The molecular weight excluding hydrogens is 239 g/mol. The normalized spacial score (nSPS) is 13.9. The smallest absolute Gasteiger partial charge is 0.471 e. The van der Waals surface area contributed by atoms with Crippen molar-refractivity contribution in [2.45, 2.75) is 32.5 Å². The summed E-state index contributed by atoms with van der Waals surface area (Å²) in [5.74, 6) is -3.78. The van der Waals surface area contributed by atoms with Crippen molar-refractivity contribution in [3.63, 3.8) is 0 Å². The Morgan fingerprint density at radius 1 is 1.41 bits per heavy atom. The van der Waals surface area contributed by atoms with Crippen molar-refractivity contribution in [2.75, 3.05) is 0 Å². The highest BCUT2D eigenvalue weighted by Gasteiger charge is 2.41. The van der Waals surface area contributed by atoms with Crippen LogP contribution in [0.25, 0.3) is 0 Å². The number of allylic oxidation sites excluding steroid dienone is 1. The zero-order valence-corrected chi connectivity index (χ0v) is 9.47. The van der Waals surface area contributed by atoms with Gasteiger partial charge in [0, 0.05) is 0 Å². The van der Waals surface area contributed by atoms with Crippen LogP contribution in [0.1, 0.15) is 20.3 Å². The third-order valence-electron chi connectivity index (χ3n) is 2.14. The molecule has 7 heteroatoms. The van der Waals surface area contributed by atoms with Crippen LogP contribution in [-0.2, 0) is 9.59 Å². The molecule has 0 aromatic rings. The van der Waals surface area contributed by atoms with Gasteiger partial charge in [-0.25, -0.2) is 4.79 Å². The first-order valence-electron chi connectivity index (χ1n) is 4.73. The summed E-state index contributed by atoms with van der Waals surface area (Å²) < 4.78 is 35.9. The Morgan fingerprint density at radius 2 is 1.88 bits per heavy atom. The maximum Gasteiger partial charge on any atom is 0.471 e. The molecule has 1 atom stereocenters. The number of alkyl halides is 3. The molecule has 0 spiro atoms. The number of hydrogen-bond acceptors (Lipinski definition) is 2. The predicted octanol–water partition coefficient (Wildman–Crippen LogP) is 1.72. The molecule has 0 fully saturated rings. The fraction of sp³-hybridized carbons (Fsp3) is 0.600. The van der Waals surface area contributed by atoms with E-state index in [0.717, 1.165) is 0 Å². The van der Waals surface area contributed by atoms with Gasteiger partial charge >= 0.3 is 18.1 Å². The first-order valence-corrected chi connectivity index (χ1v) is 4.73. The molecule has 0 radical (unpaired) electrons. The number of carboxylic acids is 1. The van der Waals surface area contributed by atoms with Crippen LogP contribution in [0.4, 0.5) is 13.2 Å². The summed E-state index contributed by atoms with van der Waals surface area (Å²) in [4.78, 5) is 21.4. The van der Waals surface area contributed by atoms with Crippen LogP contribution in [0.5, 0.6) is 0 Å². The summed E-state index contributed by atoms with van der Waals surface area (Å²) in [5.41, 5.74) is -0.693. The van der Waals surface area contributed by atoms with E-state index in [2.05, 4.69) is 6.58 Å². The van der Waals surface area contributed by atoms with Crippen molar-refractivity contribution in [3.8, 4) is 0 Å². The topological polar surface area (TPSA) is 66.4 Å². The lowest BCUT2D eigenvalue weighted by molar-refractivity contribution is -0.175. The second kappa shape index (κ2) is 5.20. The average Bonchev–Trinajstić information content (AvgIpc) is 2.14. The summed E-state index contributed by atoms with van der Waals surface area (Å²) in [6.45, 7) is 6.66. The summed E-state index contributed by atoms with van der Waals surface area (Å²) >= 11 is 0. The Morgan fingerprint density at radius 3 is 2.18 bits per heavy atom. The molecule has 4 nitrogen and oxygen atoms in total. The second-order valence-electron chi connectivity index (χ2n) is 4.26. The molecule has 0 aliphatic carbocycles. The minimum atomic E-state index is -5.09. The molecule has 0 rings (SSSR count). The molecule has 0 bridgehead atoms. The van der Waals surface area contributed by atoms with Crippen LogP contribution in [0.3, 0.4) is 0 Å². The average molecular weight is 253 g/mol. The van der Waals surface area contributed by atoms with E-state index in [4.69, 9.17) is 5.11 Å². The van der Waals surface area contributed by atoms with E-state index in [1.807, 2.05) is 0 Å². The number of carbonyl (C=O) groups is 2. The molecule has 1 amide bonds. The highest BCUT2D eigenvalue weighted by molar-refractivity contribution is 5.86. The Balaban J connectivity index is 4.74. The summed E-state index contributed by atoms with van der Waals surface area (Å²) in [6, 6.07) is -1.60. The van der Waals surface area contributed by atoms with Gasteiger partial charge in [0.05, 0.1) is 0 Å². The number of carboxylic acid groups (broad SMARTS) is 1. The van der Waals surface area contributed by atoms with Gasteiger partial charge in [-0.2, -0.15) is 13.2 Å². The highest BCUT2D eigenvalue weighted by Crippen LogP contribution is 2.24. The molecule has 0 saturated heterocycles. The van der Waals surface area contributed by atoms with Crippen molar-refractivity contribution in [1.82, 2.24) is 5.32 Å². The van der Waals surface area contributed by atoms with E-state index in [-0.39, 0.29) is 6.42 Å². The fourth-order valence-corrected chi connectivity index (χ4v) is 1.05. The van der Waals surface area contributed by atoms with Crippen LogP contribution < -0.4 is 5.32 Å². The predicted molar refractivity (Wildman–Crippen MR) is 54.2 cm³/mol. The Bertz CT molecular complexity index is 323. The summed E-state index contributed by atoms with van der Waals surface area (Å²) in [6.07, 6.45) is -3.84. The van der Waals surface area contributed by atoms with Gasteiger partial charge in [0.25, 0.3) is 0 Å². The first-order chi connectivity index (χ1) is 7.49. The van der Waals surface area contributed by atoms with E-state index in [9.17, 15) is 22.8 Å². The van der Waals surface area contributed by atoms with Crippen LogP contribution in [0.15, 0.2) is 12.7 Å². The first kappa shape index (κ1) is 15.5. The number of carbonyl (C=O) groups excluding carboxylic acids is 1. The van der Waals surface area contributed by atoms with Crippen LogP contribution in [0.2, 0.25) is 0 Å². The van der Waals surface area contributed by atoms with Crippen molar-refractivity contribution >= 4 is 11.9 Å². The molecule has 0 saturated carbocycles. The van der Waals surface area contributed by atoms with Gasteiger partial charge in [-0.1, -0.05) is 19.9 Å². The molecular formula is C10H14F3NO3. The lowest BCUT2D eigenvalue weighted by Gasteiger charge is -2.25. The lowest BCUT2D eigenvalue weighted by Crippen LogP contribution is -2.48. The quantitative estimate of drug-likeness (QED) is 0.733. The molecule has 0 heterocycles. The van der Waals surface area contributed by atoms with Gasteiger partial charge in [0.1, 0.15) is 6.04 Å². The van der Waals surface area contributed by atoms with E-state index in [0.29, 0.717) is 0 Å². The van der Waals surface area contributed by atoms with Crippen molar-refractivity contribution < 1.29 is 27.9 Å². The molecule has 0 unspecified atom stereocenters. The van der Waals surface area contributed by atoms with E-state index in [1.165, 1.54) is 11.4 Å². The van der Waals surface area contributed by atoms with Crippen molar-refractivity contribution in [2.24, 2.45) is 5.41 Å². The molecule has 2 N–H and O–H groups in total. The SMILES string of the molecule is C=CC(C)(C)C[C@H](NC(=O)C(F)(F)F)C(=O)O. The number of amides is 1. The van der Waals surface area contributed by atoms with E-state index in [1.54, 1.807) is 13.8 Å². The Kier molecular flexibility index (Phi) is 4.73. The molecule has 0 aromatic carbocycles. The van der Waals surface area contributed by atoms with Crippen LogP contribution >= 0.6 is 0 Å². The number of nitrogens with one attached hydrogen (secondary N) is 1. The minimum Gasteiger partial charge on any atom is -0.480 e. The highest BCUT2D eigenvalue weighted by atomic mass is 19.4. The fourth-order valence-electron chi connectivity index (χ4n) is 1.05. The van der Waals surface area contributed by atoms with Gasteiger partial charge in [-0.15, -0.1) is 6.58 Å². The van der Waals surface area contributed by atoms with Gasteiger partial charge in [-0.3, -0.25) is 4.79 Å². The van der Waals surface area contributed by atoms with Crippen molar-refractivity contribution in [1.29, 1.82) is 0 Å². The molecule has 98 valence electrons. The Hall–Kier alpha value is -1.53. The molecule has 0 aliphatic heterocycles. The number of halogens is 3. The van der Waals surface area contributed by atoms with Gasteiger partial charge < -0.3 is 10.4 Å². The second-order valence-corrected chi connectivity index (χ2v) is 4.26. The van der Waals surface area contributed by atoms with Crippen LogP contribution in [0, 0.1) is 5.41 Å². The third-order valence-corrected chi connectivity index (χ3v) is 2.14. The molecule has 17 heavy (non-hydrogen) atoms. The summed E-state index contributed by atoms with van der Waals surface area (Å²) in [7, 11) is 0. The Labute approximate surface area is 96.5 Å². The third kappa shape index (κ3) is 5.37.